The van der Waals surface area contributed by atoms with Gasteiger partial charge in [0, 0.05) is 17.5 Å². The highest BCUT2D eigenvalue weighted by atomic mass is 16.5. The number of aromatic hydroxyl groups is 1. The Morgan fingerprint density at radius 1 is 0.758 bits per heavy atom. The molecule has 4 rings (SSSR count). The van der Waals surface area contributed by atoms with E-state index < -0.39 is 0 Å². The van der Waals surface area contributed by atoms with E-state index in [1.807, 2.05) is 49.4 Å². The Bertz CT molecular complexity index is 1250. The summed E-state index contributed by atoms with van der Waals surface area (Å²) in [5.74, 6) is 0.894. The van der Waals surface area contributed by atoms with E-state index in [0.29, 0.717) is 19.6 Å². The number of carbonyl (C=O) groups is 1. The quantitative estimate of drug-likeness (QED) is 0.207. The molecule has 0 spiro atoms. The van der Waals surface area contributed by atoms with Gasteiger partial charge in [0.25, 0.3) is 0 Å². The Kier molecular flexibility index (Phi) is 7.46. The van der Waals surface area contributed by atoms with Gasteiger partial charge in [0.2, 0.25) is 0 Å². The second-order valence-corrected chi connectivity index (χ2v) is 8.16. The fraction of sp³-hybridized carbons (Fsp3) is 0.276. The molecule has 4 aromatic carbocycles. The average molecular weight is 443 g/mol. The summed E-state index contributed by atoms with van der Waals surface area (Å²) < 4.78 is 11.2. The maximum atomic E-state index is 11.4. The number of rotatable bonds is 10. The van der Waals surface area contributed by atoms with E-state index in [4.69, 9.17) is 9.47 Å². The number of fused-ring (bicyclic) bond motifs is 2. The lowest BCUT2D eigenvalue weighted by Crippen LogP contribution is -2.03. The summed E-state index contributed by atoms with van der Waals surface area (Å²) in [6.07, 6.45) is 4.17. The normalized spacial score (nSPS) is 11.1. The maximum absolute atomic E-state index is 11.4. The van der Waals surface area contributed by atoms with Crippen LogP contribution in [0.1, 0.15) is 39.0 Å². The van der Waals surface area contributed by atoms with Gasteiger partial charge in [0.05, 0.1) is 13.2 Å². The van der Waals surface area contributed by atoms with Gasteiger partial charge in [-0.05, 0) is 53.4 Å². The van der Waals surface area contributed by atoms with E-state index >= 15 is 0 Å². The largest absolute Gasteiger partial charge is 0.507 e. The Morgan fingerprint density at radius 3 is 2.12 bits per heavy atom. The minimum Gasteiger partial charge on any atom is -0.507 e. The number of phenols is 1. The molecule has 0 bridgehead atoms. The van der Waals surface area contributed by atoms with Gasteiger partial charge in [-0.2, -0.15) is 0 Å². The number of carbonyl (C=O) groups excluding carboxylic acids is 1. The van der Waals surface area contributed by atoms with Crippen LogP contribution in [0.2, 0.25) is 0 Å². The molecular formula is C29H30O4. The molecule has 0 aliphatic carbocycles. The predicted molar refractivity (Wildman–Crippen MR) is 134 cm³/mol. The lowest BCUT2D eigenvalue weighted by Gasteiger charge is -2.17. The fourth-order valence-corrected chi connectivity index (χ4v) is 4.29. The third-order valence-electron chi connectivity index (χ3n) is 5.89. The minimum atomic E-state index is -0.121. The first-order valence-electron chi connectivity index (χ1n) is 11.7. The molecule has 0 unspecified atom stereocenters. The highest BCUT2D eigenvalue weighted by Crippen LogP contribution is 2.44. The van der Waals surface area contributed by atoms with E-state index in [1.165, 1.54) is 0 Å². The average Bonchev–Trinajstić information content (AvgIpc) is 2.84. The van der Waals surface area contributed by atoms with Crippen LogP contribution in [0.3, 0.4) is 0 Å². The Labute approximate surface area is 194 Å². The Morgan fingerprint density at radius 2 is 1.39 bits per heavy atom. The number of esters is 1. The molecule has 0 aromatic heterocycles. The number of ether oxygens (including phenoxy) is 2. The molecule has 4 nitrogen and oxygen atoms in total. The molecule has 0 amide bonds. The lowest BCUT2D eigenvalue weighted by atomic mass is 9.92. The van der Waals surface area contributed by atoms with Crippen LogP contribution < -0.4 is 4.74 Å². The van der Waals surface area contributed by atoms with Crippen LogP contribution in [-0.4, -0.2) is 24.3 Å². The number of hydrogen-bond donors (Lipinski definition) is 1. The summed E-state index contributed by atoms with van der Waals surface area (Å²) >= 11 is 0. The molecule has 0 fully saturated rings. The van der Waals surface area contributed by atoms with Crippen LogP contribution in [-0.2, 0) is 9.53 Å². The van der Waals surface area contributed by atoms with Crippen molar-refractivity contribution in [1.29, 1.82) is 0 Å². The molecule has 1 N–H and O–H groups in total. The van der Waals surface area contributed by atoms with Crippen molar-refractivity contribution < 1.29 is 19.4 Å². The van der Waals surface area contributed by atoms with E-state index in [-0.39, 0.29) is 11.7 Å². The molecule has 0 aliphatic heterocycles. The van der Waals surface area contributed by atoms with Crippen LogP contribution in [0.25, 0.3) is 32.7 Å². The molecule has 33 heavy (non-hydrogen) atoms. The highest BCUT2D eigenvalue weighted by molar-refractivity contribution is 6.09. The standard InChI is InChI=1S/C29H30O4/c1-2-32-27(31)15-5-3-4-10-20-33-26-19-17-22-12-7-9-14-24(22)29(26)28-23-13-8-6-11-21(23)16-18-25(28)30/h6-9,11-14,16-19,30H,2-5,10,15,20H2,1H3. The molecule has 0 heterocycles. The first-order valence-corrected chi connectivity index (χ1v) is 11.7. The second kappa shape index (κ2) is 10.9. The number of hydrogen-bond acceptors (Lipinski definition) is 4. The van der Waals surface area contributed by atoms with Crippen molar-refractivity contribution in [2.45, 2.75) is 39.0 Å². The van der Waals surface area contributed by atoms with Gasteiger partial charge in [0.15, 0.2) is 0 Å². The Hall–Kier alpha value is -3.53. The predicted octanol–water partition coefficient (Wildman–Crippen LogP) is 7.26. The molecule has 0 saturated carbocycles. The van der Waals surface area contributed by atoms with Crippen LogP contribution in [0.4, 0.5) is 0 Å². The van der Waals surface area contributed by atoms with Crippen molar-refractivity contribution in [2.24, 2.45) is 0 Å². The summed E-state index contributed by atoms with van der Waals surface area (Å²) in [6, 6.07) is 24.0. The topological polar surface area (TPSA) is 55.8 Å². The van der Waals surface area contributed by atoms with Gasteiger partial charge in [-0.15, -0.1) is 0 Å². The first kappa shape index (κ1) is 22.7. The Balaban J connectivity index is 1.56. The zero-order valence-corrected chi connectivity index (χ0v) is 19.0. The van der Waals surface area contributed by atoms with Crippen LogP contribution in [0.15, 0.2) is 72.8 Å². The molecule has 170 valence electrons. The van der Waals surface area contributed by atoms with Crippen LogP contribution in [0.5, 0.6) is 11.5 Å². The molecule has 4 aromatic rings. The van der Waals surface area contributed by atoms with Gasteiger partial charge in [0.1, 0.15) is 11.5 Å². The molecular weight excluding hydrogens is 412 g/mol. The zero-order chi connectivity index (χ0) is 23.0. The zero-order valence-electron chi connectivity index (χ0n) is 19.0. The summed E-state index contributed by atoms with van der Waals surface area (Å²) in [6.45, 7) is 2.84. The smallest absolute Gasteiger partial charge is 0.305 e. The van der Waals surface area contributed by atoms with Gasteiger partial charge in [-0.1, -0.05) is 73.5 Å². The van der Waals surface area contributed by atoms with E-state index in [1.54, 1.807) is 6.07 Å². The van der Waals surface area contributed by atoms with E-state index in [9.17, 15) is 9.90 Å². The van der Waals surface area contributed by atoms with Crippen molar-refractivity contribution in [2.75, 3.05) is 13.2 Å². The fourth-order valence-electron chi connectivity index (χ4n) is 4.29. The first-order chi connectivity index (χ1) is 16.2. The summed E-state index contributed by atoms with van der Waals surface area (Å²) in [4.78, 5) is 11.4. The van der Waals surface area contributed by atoms with E-state index in [2.05, 4.69) is 24.3 Å². The molecule has 4 heteroatoms. The van der Waals surface area contributed by atoms with Crippen molar-refractivity contribution in [3.63, 3.8) is 0 Å². The SMILES string of the molecule is CCOC(=O)CCCCCCOc1ccc2ccccc2c1-c1c(O)ccc2ccccc12. The number of benzene rings is 4. The van der Waals surface area contributed by atoms with Gasteiger partial charge in [-0.3, -0.25) is 4.79 Å². The van der Waals surface area contributed by atoms with Gasteiger partial charge in [-0.25, -0.2) is 0 Å². The van der Waals surface area contributed by atoms with Crippen LogP contribution >= 0.6 is 0 Å². The lowest BCUT2D eigenvalue weighted by molar-refractivity contribution is -0.143. The maximum Gasteiger partial charge on any atom is 0.305 e. The number of unbranched alkanes of at least 4 members (excludes halogenated alkanes) is 3. The molecule has 0 radical (unpaired) electrons. The highest BCUT2D eigenvalue weighted by Gasteiger charge is 2.17. The van der Waals surface area contributed by atoms with Crippen molar-refractivity contribution in [1.82, 2.24) is 0 Å². The number of phenolic OH excluding ortho intramolecular Hbond substituents is 1. The van der Waals surface area contributed by atoms with Crippen LogP contribution in [0, 0.1) is 0 Å². The van der Waals surface area contributed by atoms with E-state index in [0.717, 1.165) is 64.1 Å². The van der Waals surface area contributed by atoms with Gasteiger partial charge < -0.3 is 14.6 Å². The minimum absolute atomic E-state index is 0.121. The summed E-state index contributed by atoms with van der Waals surface area (Å²) in [5, 5.41) is 15.1. The summed E-state index contributed by atoms with van der Waals surface area (Å²) in [7, 11) is 0. The monoisotopic (exact) mass is 442 g/mol. The third-order valence-corrected chi connectivity index (χ3v) is 5.89. The molecule has 0 atom stereocenters. The molecule has 0 saturated heterocycles. The van der Waals surface area contributed by atoms with Crippen molar-refractivity contribution >= 4 is 27.5 Å². The molecule has 0 aliphatic rings. The second-order valence-electron chi connectivity index (χ2n) is 8.16. The summed E-state index contributed by atoms with van der Waals surface area (Å²) in [5.41, 5.74) is 1.72. The van der Waals surface area contributed by atoms with Crippen molar-refractivity contribution in [3.05, 3.63) is 72.8 Å². The van der Waals surface area contributed by atoms with Crippen molar-refractivity contribution in [3.8, 4) is 22.6 Å². The van der Waals surface area contributed by atoms with Gasteiger partial charge >= 0.3 is 5.97 Å². The third kappa shape index (κ3) is 5.28.